The molecule has 1 saturated heterocycles. The molecule has 1 saturated carbocycles. The third-order valence-electron chi connectivity index (χ3n) is 5.08. The average molecular weight is 236 g/mol. The highest BCUT2D eigenvalue weighted by Crippen LogP contribution is 2.62. The summed E-state index contributed by atoms with van der Waals surface area (Å²) in [4.78, 5) is 0. The number of allylic oxidation sites excluding steroid dienone is 1. The van der Waals surface area contributed by atoms with Gasteiger partial charge in [-0.05, 0) is 51.9 Å². The first-order valence-corrected chi connectivity index (χ1v) is 6.48. The first-order valence-electron chi connectivity index (χ1n) is 6.48. The largest absolute Gasteiger partial charge is 0.490 e. The van der Waals surface area contributed by atoms with Crippen LogP contribution in [-0.2, 0) is 9.31 Å². The molecule has 0 aromatic rings. The molecule has 3 nitrogen and oxygen atoms in total. The fourth-order valence-electron chi connectivity index (χ4n) is 2.96. The van der Waals surface area contributed by atoms with E-state index in [1.54, 1.807) is 0 Å². The van der Waals surface area contributed by atoms with Gasteiger partial charge in [0.15, 0.2) is 0 Å². The summed E-state index contributed by atoms with van der Waals surface area (Å²) >= 11 is 0. The number of rotatable bonds is 2. The SMILES string of the molecule is CC1(C)OB(C2=CC3(CO)CC3C2)OC1(C)C. The molecule has 0 radical (unpaired) electrons. The maximum Gasteiger partial charge on any atom is 0.490 e. The van der Waals surface area contributed by atoms with Crippen molar-refractivity contribution in [3.8, 4) is 0 Å². The molecule has 2 unspecified atom stereocenters. The van der Waals surface area contributed by atoms with E-state index in [9.17, 15) is 5.11 Å². The molecule has 94 valence electrons. The smallest absolute Gasteiger partial charge is 0.400 e. The van der Waals surface area contributed by atoms with Crippen LogP contribution in [0.4, 0.5) is 0 Å². The Kier molecular flexibility index (Phi) is 2.19. The molecule has 0 aromatic carbocycles. The molecule has 0 spiro atoms. The highest BCUT2D eigenvalue weighted by Gasteiger charge is 2.60. The molecular weight excluding hydrogens is 215 g/mol. The van der Waals surface area contributed by atoms with Gasteiger partial charge in [0.05, 0.1) is 17.8 Å². The molecule has 3 aliphatic rings. The Morgan fingerprint density at radius 2 is 1.88 bits per heavy atom. The monoisotopic (exact) mass is 236 g/mol. The van der Waals surface area contributed by atoms with Crippen LogP contribution in [0.2, 0.25) is 0 Å². The molecule has 0 bridgehead atoms. The van der Waals surface area contributed by atoms with E-state index in [0.717, 1.165) is 12.8 Å². The van der Waals surface area contributed by atoms with Crippen molar-refractivity contribution >= 4 is 7.12 Å². The Bertz CT molecular complexity index is 368. The minimum atomic E-state index is -0.266. The minimum absolute atomic E-state index is 0.0684. The van der Waals surface area contributed by atoms with Crippen molar-refractivity contribution in [1.29, 1.82) is 0 Å². The zero-order chi connectivity index (χ0) is 12.5. The molecule has 17 heavy (non-hydrogen) atoms. The van der Waals surface area contributed by atoms with Crippen molar-refractivity contribution in [1.82, 2.24) is 0 Å². The highest BCUT2D eigenvalue weighted by molar-refractivity contribution is 6.54. The van der Waals surface area contributed by atoms with Crippen molar-refractivity contribution in [3.63, 3.8) is 0 Å². The second-order valence-corrected chi connectivity index (χ2v) is 6.80. The molecule has 0 amide bonds. The molecule has 4 heteroatoms. The lowest BCUT2D eigenvalue weighted by Gasteiger charge is -2.32. The minimum Gasteiger partial charge on any atom is -0.400 e. The number of hydrogen-bond acceptors (Lipinski definition) is 3. The lowest BCUT2D eigenvalue weighted by Crippen LogP contribution is -2.41. The standard InChI is InChI=1S/C13H21BO3/c1-11(2)12(3,4)17-14(16-11)10-5-9-6-13(9,7-10)8-15/h7,9,15H,5-6,8H2,1-4H3. The molecule has 2 fully saturated rings. The van der Waals surface area contributed by atoms with Crippen molar-refractivity contribution in [2.45, 2.75) is 51.7 Å². The third-order valence-corrected chi connectivity index (χ3v) is 5.08. The van der Waals surface area contributed by atoms with Crippen LogP contribution in [-0.4, -0.2) is 30.0 Å². The third kappa shape index (κ3) is 1.54. The Hall–Kier alpha value is -0.315. The van der Waals surface area contributed by atoms with Crippen LogP contribution in [0.5, 0.6) is 0 Å². The van der Waals surface area contributed by atoms with Crippen LogP contribution in [0.25, 0.3) is 0 Å². The fraction of sp³-hybridized carbons (Fsp3) is 0.846. The lowest BCUT2D eigenvalue weighted by atomic mass is 9.76. The van der Waals surface area contributed by atoms with Crippen LogP contribution < -0.4 is 0 Å². The van der Waals surface area contributed by atoms with Crippen molar-refractivity contribution in [2.24, 2.45) is 11.3 Å². The van der Waals surface area contributed by atoms with E-state index in [4.69, 9.17) is 9.31 Å². The topological polar surface area (TPSA) is 38.7 Å². The summed E-state index contributed by atoms with van der Waals surface area (Å²) in [6, 6.07) is 0. The van der Waals surface area contributed by atoms with Crippen LogP contribution >= 0.6 is 0 Å². The normalized spacial score (nSPS) is 41.4. The predicted octanol–water partition coefficient (Wildman–Crippen LogP) is 1.95. The summed E-state index contributed by atoms with van der Waals surface area (Å²) in [5, 5.41) is 9.41. The summed E-state index contributed by atoms with van der Waals surface area (Å²) in [6.45, 7) is 8.56. The van der Waals surface area contributed by atoms with Crippen LogP contribution in [0.3, 0.4) is 0 Å². The van der Waals surface area contributed by atoms with E-state index in [1.807, 2.05) is 0 Å². The molecule has 2 atom stereocenters. The zero-order valence-corrected chi connectivity index (χ0v) is 11.1. The van der Waals surface area contributed by atoms with Gasteiger partial charge in [-0.1, -0.05) is 6.08 Å². The summed E-state index contributed by atoms with van der Waals surface area (Å²) in [5.74, 6) is 0.626. The first-order chi connectivity index (χ1) is 7.80. The first kappa shape index (κ1) is 11.8. The fourth-order valence-corrected chi connectivity index (χ4v) is 2.96. The zero-order valence-electron chi connectivity index (χ0n) is 11.1. The van der Waals surface area contributed by atoms with Gasteiger partial charge in [0.25, 0.3) is 0 Å². The van der Waals surface area contributed by atoms with Gasteiger partial charge in [-0.25, -0.2) is 0 Å². The molecule has 2 aliphatic carbocycles. The second-order valence-electron chi connectivity index (χ2n) is 6.80. The maximum absolute atomic E-state index is 9.41. The Labute approximate surface area is 103 Å². The van der Waals surface area contributed by atoms with Gasteiger partial charge < -0.3 is 14.4 Å². The second kappa shape index (κ2) is 3.17. The van der Waals surface area contributed by atoms with Crippen LogP contribution in [0, 0.1) is 11.3 Å². The quantitative estimate of drug-likeness (QED) is 0.744. The van der Waals surface area contributed by atoms with Gasteiger partial charge in [0.1, 0.15) is 0 Å². The van der Waals surface area contributed by atoms with Crippen LogP contribution in [0.1, 0.15) is 40.5 Å². The van der Waals surface area contributed by atoms with Gasteiger partial charge in [-0.3, -0.25) is 0 Å². The molecule has 1 N–H and O–H groups in total. The Morgan fingerprint density at radius 1 is 1.29 bits per heavy atom. The van der Waals surface area contributed by atoms with Gasteiger partial charge in [0, 0.05) is 5.41 Å². The highest BCUT2D eigenvalue weighted by atomic mass is 16.7. The van der Waals surface area contributed by atoms with Gasteiger partial charge in [-0.2, -0.15) is 0 Å². The number of fused-ring (bicyclic) bond motifs is 1. The van der Waals surface area contributed by atoms with Crippen LogP contribution in [0.15, 0.2) is 11.5 Å². The number of aliphatic hydroxyl groups is 1. The summed E-state index contributed by atoms with van der Waals surface area (Å²) < 4.78 is 12.1. The summed E-state index contributed by atoms with van der Waals surface area (Å²) in [6.07, 6.45) is 4.36. The van der Waals surface area contributed by atoms with E-state index in [2.05, 4.69) is 33.8 Å². The number of aliphatic hydroxyl groups excluding tert-OH is 1. The van der Waals surface area contributed by atoms with Gasteiger partial charge >= 0.3 is 7.12 Å². The molecule has 1 heterocycles. The van der Waals surface area contributed by atoms with Gasteiger partial charge in [-0.15, -0.1) is 0 Å². The van der Waals surface area contributed by atoms with E-state index in [1.165, 1.54) is 5.47 Å². The lowest BCUT2D eigenvalue weighted by molar-refractivity contribution is 0.00578. The number of hydrogen-bond donors (Lipinski definition) is 1. The van der Waals surface area contributed by atoms with E-state index < -0.39 is 0 Å². The molecule has 3 rings (SSSR count). The van der Waals surface area contributed by atoms with E-state index in [0.29, 0.717) is 5.92 Å². The van der Waals surface area contributed by atoms with Gasteiger partial charge in [0.2, 0.25) is 0 Å². The Morgan fingerprint density at radius 3 is 2.35 bits per heavy atom. The van der Waals surface area contributed by atoms with E-state index >= 15 is 0 Å². The van der Waals surface area contributed by atoms with E-state index in [-0.39, 0.29) is 30.3 Å². The Balaban J connectivity index is 1.79. The predicted molar refractivity (Wildman–Crippen MR) is 66.4 cm³/mol. The molecule has 1 aliphatic heterocycles. The molecular formula is C13H21BO3. The van der Waals surface area contributed by atoms with Crippen molar-refractivity contribution in [3.05, 3.63) is 11.5 Å². The summed E-state index contributed by atoms with van der Waals surface area (Å²) in [7, 11) is -0.212. The van der Waals surface area contributed by atoms with Crippen molar-refractivity contribution < 1.29 is 14.4 Å². The summed E-state index contributed by atoms with van der Waals surface area (Å²) in [5.41, 5.74) is 0.766. The molecule has 0 aromatic heterocycles. The average Bonchev–Trinajstić information content (AvgIpc) is 2.70. The van der Waals surface area contributed by atoms with Crippen molar-refractivity contribution in [2.75, 3.05) is 6.61 Å². The maximum atomic E-state index is 9.41.